The first-order valence-electron chi connectivity index (χ1n) is 14.4. The van der Waals surface area contributed by atoms with E-state index in [9.17, 15) is 23.5 Å². The van der Waals surface area contributed by atoms with Crippen LogP contribution < -0.4 is 20.3 Å². The average Bonchev–Trinajstić information content (AvgIpc) is 3.45. The van der Waals surface area contributed by atoms with Crippen LogP contribution in [0.2, 0.25) is 0 Å². The molecule has 10 nitrogen and oxygen atoms in total. The molecule has 0 saturated heterocycles. The normalized spacial score (nSPS) is 15.0. The largest absolute Gasteiger partial charge is 0.484 e. The number of hydrogen-bond acceptors (Lipinski definition) is 7. The van der Waals surface area contributed by atoms with Gasteiger partial charge in [-0.2, -0.15) is 18.8 Å². The van der Waals surface area contributed by atoms with Crippen LogP contribution in [0.5, 0.6) is 11.5 Å². The molecule has 2 heterocycles. The van der Waals surface area contributed by atoms with Crippen molar-refractivity contribution >= 4 is 22.7 Å². The van der Waals surface area contributed by atoms with Crippen molar-refractivity contribution in [2.24, 2.45) is 0 Å². The zero-order chi connectivity index (χ0) is 31.4. The van der Waals surface area contributed by atoms with E-state index < -0.39 is 30.1 Å². The lowest BCUT2D eigenvalue weighted by Crippen LogP contribution is -2.46. The molecule has 232 valence electrons. The highest BCUT2D eigenvalue weighted by atomic mass is 19.3. The molecule has 0 unspecified atom stereocenters. The number of nitrogens with zero attached hydrogens (tertiary/aromatic N) is 2. The van der Waals surface area contributed by atoms with E-state index in [1.165, 1.54) is 0 Å². The summed E-state index contributed by atoms with van der Waals surface area (Å²) in [5, 5.41) is 20.1. The number of aromatic nitrogens is 2. The van der Waals surface area contributed by atoms with Gasteiger partial charge in [-0.25, -0.2) is 4.68 Å². The highest BCUT2D eigenvalue weighted by Gasteiger charge is 2.35. The Morgan fingerprint density at radius 1 is 1.16 bits per heavy atom. The van der Waals surface area contributed by atoms with Crippen molar-refractivity contribution in [1.29, 1.82) is 0 Å². The van der Waals surface area contributed by atoms with Gasteiger partial charge in [-0.1, -0.05) is 25.1 Å². The summed E-state index contributed by atoms with van der Waals surface area (Å²) in [6.07, 6.45) is 1.37. The van der Waals surface area contributed by atoms with Crippen molar-refractivity contribution in [3.8, 4) is 17.2 Å². The number of fused-ring (bicyclic) bond motifs is 2. The molecule has 0 fully saturated rings. The quantitative estimate of drug-likeness (QED) is 0.212. The fraction of sp³-hybridized carbons (Fsp3) is 0.344. The first kappa shape index (κ1) is 30.9. The highest BCUT2D eigenvalue weighted by molar-refractivity contribution is 5.95. The van der Waals surface area contributed by atoms with Gasteiger partial charge in [0, 0.05) is 36.4 Å². The Kier molecular flexibility index (Phi) is 9.12. The number of benzene rings is 3. The highest BCUT2D eigenvalue weighted by Crippen LogP contribution is 2.33. The predicted octanol–water partition coefficient (Wildman–Crippen LogP) is 4.67. The van der Waals surface area contributed by atoms with Crippen LogP contribution in [0.1, 0.15) is 54.8 Å². The lowest BCUT2D eigenvalue weighted by atomic mass is 9.99. The van der Waals surface area contributed by atoms with E-state index in [4.69, 9.17) is 14.5 Å². The average molecular weight is 609 g/mol. The topological polar surface area (TPSA) is 124 Å². The number of carbonyl (C=O) groups is 2. The number of hydrogen-bond donors (Lipinski definition) is 3. The Balaban J connectivity index is 1.41. The Morgan fingerprint density at radius 3 is 2.75 bits per heavy atom. The van der Waals surface area contributed by atoms with E-state index in [-0.39, 0.29) is 12.5 Å². The van der Waals surface area contributed by atoms with Crippen LogP contribution in [-0.4, -0.2) is 57.9 Å². The number of aliphatic hydroxyl groups excluding tert-OH is 1. The van der Waals surface area contributed by atoms with E-state index in [0.29, 0.717) is 54.7 Å². The summed E-state index contributed by atoms with van der Waals surface area (Å²) in [6.45, 7) is 4.54. The Morgan fingerprint density at radius 2 is 1.98 bits per heavy atom. The zero-order valence-corrected chi connectivity index (χ0v) is 24.6. The van der Waals surface area contributed by atoms with Crippen LogP contribution >= 0.6 is 0 Å². The number of rotatable bonds is 11. The standard InChI is InChI=1S/C32H34F2N4O6/c1-4-25(39)18-35-30(40)22-6-5-7-24(14-22)38-27-11-10-26(15-23(27)17-36-38)43-29(19(2)37-31(41)32(3,33)34)21-9-8-20-12-13-42-44-28(20)16-21/h5-11,14-17,19,25,29,39H,4,12-13,18H2,1-3H3,(H,35,40)(H,37,41)/t19-,25+,29-/m0/s1. The molecule has 1 aromatic heterocycles. The summed E-state index contributed by atoms with van der Waals surface area (Å²) in [5.41, 5.74) is 3.34. The molecule has 0 saturated carbocycles. The van der Waals surface area contributed by atoms with E-state index in [0.717, 1.165) is 16.5 Å². The minimum absolute atomic E-state index is 0.156. The second-order valence-electron chi connectivity index (χ2n) is 10.8. The van der Waals surface area contributed by atoms with Gasteiger partial charge in [-0.05, 0) is 61.4 Å². The molecule has 0 aliphatic carbocycles. The summed E-state index contributed by atoms with van der Waals surface area (Å²) in [4.78, 5) is 35.2. The molecule has 44 heavy (non-hydrogen) atoms. The van der Waals surface area contributed by atoms with Crippen LogP contribution in [0.3, 0.4) is 0 Å². The minimum Gasteiger partial charge on any atom is -0.484 e. The van der Waals surface area contributed by atoms with Gasteiger partial charge >= 0.3 is 5.92 Å². The van der Waals surface area contributed by atoms with Gasteiger partial charge < -0.3 is 25.4 Å². The number of aliphatic hydroxyl groups is 1. The molecule has 3 aromatic carbocycles. The second kappa shape index (κ2) is 13.0. The molecule has 12 heteroatoms. The van der Waals surface area contributed by atoms with Crippen molar-refractivity contribution in [2.75, 3.05) is 13.2 Å². The van der Waals surface area contributed by atoms with Crippen LogP contribution in [0, 0.1) is 0 Å². The maximum Gasteiger partial charge on any atom is 0.321 e. The molecule has 3 N–H and O–H groups in total. The number of halogens is 2. The van der Waals surface area contributed by atoms with E-state index in [1.807, 2.05) is 25.1 Å². The fourth-order valence-corrected chi connectivity index (χ4v) is 4.83. The third kappa shape index (κ3) is 6.98. The predicted molar refractivity (Wildman–Crippen MR) is 158 cm³/mol. The van der Waals surface area contributed by atoms with Gasteiger partial charge in [0.05, 0.1) is 36.2 Å². The Labute approximate surface area is 252 Å². The third-order valence-electron chi connectivity index (χ3n) is 7.36. The molecule has 0 radical (unpaired) electrons. The van der Waals surface area contributed by atoms with Gasteiger partial charge in [-0.3, -0.25) is 9.59 Å². The second-order valence-corrected chi connectivity index (χ2v) is 10.8. The number of amides is 2. The van der Waals surface area contributed by atoms with Crippen LogP contribution in [0.15, 0.2) is 66.9 Å². The molecule has 4 aromatic rings. The Hall–Kier alpha value is -4.55. The van der Waals surface area contributed by atoms with Crippen LogP contribution in [-0.2, 0) is 16.1 Å². The molecule has 0 spiro atoms. The SMILES string of the molecule is CC[C@@H](O)CNC(=O)c1cccc(-n2ncc3cc(O[C@H](c4ccc5c(c4)OOCC5)[C@H](C)NC(=O)C(C)(F)F)ccc32)c1. The first-order valence-corrected chi connectivity index (χ1v) is 14.4. The maximum atomic E-state index is 13.7. The molecular weight excluding hydrogens is 574 g/mol. The summed E-state index contributed by atoms with van der Waals surface area (Å²) in [5.74, 6) is -4.36. The van der Waals surface area contributed by atoms with E-state index >= 15 is 0 Å². The fourth-order valence-electron chi connectivity index (χ4n) is 4.83. The van der Waals surface area contributed by atoms with Crippen molar-refractivity contribution in [3.05, 3.63) is 83.6 Å². The van der Waals surface area contributed by atoms with Crippen molar-refractivity contribution < 1.29 is 38.0 Å². The van der Waals surface area contributed by atoms with Gasteiger partial charge in [0.25, 0.3) is 11.8 Å². The maximum absolute atomic E-state index is 13.7. The molecule has 0 bridgehead atoms. The Bertz CT molecular complexity index is 1650. The van der Waals surface area contributed by atoms with Crippen molar-refractivity contribution in [1.82, 2.24) is 20.4 Å². The van der Waals surface area contributed by atoms with Crippen molar-refractivity contribution in [2.45, 2.75) is 57.8 Å². The molecule has 1 aliphatic heterocycles. The number of alkyl halides is 2. The molecular formula is C32H34F2N4O6. The molecule has 2 amide bonds. The minimum atomic E-state index is -3.56. The van der Waals surface area contributed by atoms with E-state index in [1.54, 1.807) is 60.3 Å². The summed E-state index contributed by atoms with van der Waals surface area (Å²) < 4.78 is 35.5. The molecule has 5 rings (SSSR count). The van der Waals surface area contributed by atoms with Crippen LogP contribution in [0.4, 0.5) is 8.78 Å². The summed E-state index contributed by atoms with van der Waals surface area (Å²) in [6, 6.07) is 16.8. The van der Waals surface area contributed by atoms with Gasteiger partial charge in [0.1, 0.15) is 11.9 Å². The summed E-state index contributed by atoms with van der Waals surface area (Å²) in [7, 11) is 0. The van der Waals surface area contributed by atoms with Gasteiger partial charge in [0.15, 0.2) is 5.75 Å². The number of ether oxygens (including phenoxy) is 1. The number of nitrogens with one attached hydrogen (secondary N) is 2. The van der Waals surface area contributed by atoms with Crippen LogP contribution in [0.25, 0.3) is 16.6 Å². The van der Waals surface area contributed by atoms with Gasteiger partial charge in [0.2, 0.25) is 0 Å². The third-order valence-corrected chi connectivity index (χ3v) is 7.36. The molecule has 3 atom stereocenters. The lowest BCUT2D eigenvalue weighted by molar-refractivity contribution is -0.215. The summed E-state index contributed by atoms with van der Waals surface area (Å²) >= 11 is 0. The van der Waals surface area contributed by atoms with Gasteiger partial charge in [-0.15, -0.1) is 0 Å². The number of carbonyl (C=O) groups excluding carboxylic acids is 2. The first-order chi connectivity index (χ1) is 21.0. The zero-order valence-electron chi connectivity index (χ0n) is 24.6. The van der Waals surface area contributed by atoms with Crippen molar-refractivity contribution in [3.63, 3.8) is 0 Å². The smallest absolute Gasteiger partial charge is 0.321 e. The molecule has 1 aliphatic rings. The monoisotopic (exact) mass is 608 g/mol. The van der Waals surface area contributed by atoms with E-state index in [2.05, 4.69) is 15.7 Å². The lowest BCUT2D eigenvalue weighted by Gasteiger charge is -2.28.